The number of hydrogen-bond donors (Lipinski definition) is 0. The second kappa shape index (κ2) is 4.69. The molecule has 1 aromatic heterocycles. The Balaban J connectivity index is 2.44. The first-order valence-corrected chi connectivity index (χ1v) is 6.94. The van der Waals surface area contributed by atoms with Crippen LogP contribution in [0.5, 0.6) is 5.75 Å². The van der Waals surface area contributed by atoms with E-state index in [0.717, 1.165) is 11.8 Å². The molecule has 18 heavy (non-hydrogen) atoms. The minimum atomic E-state index is -3.46. The van der Waals surface area contributed by atoms with E-state index in [1.165, 1.54) is 6.20 Å². The van der Waals surface area contributed by atoms with Crippen LogP contribution in [-0.2, 0) is 9.84 Å². The Hall–Kier alpha value is -2.02. The number of aromatic nitrogens is 3. The average molecular weight is 265 g/mol. The van der Waals surface area contributed by atoms with E-state index in [0.29, 0.717) is 11.4 Å². The lowest BCUT2D eigenvalue weighted by atomic mass is 10.1. The largest absolute Gasteiger partial charge is 0.497 e. The van der Waals surface area contributed by atoms with Crippen LogP contribution in [0.2, 0.25) is 0 Å². The van der Waals surface area contributed by atoms with Gasteiger partial charge in [-0.1, -0.05) is 0 Å². The summed E-state index contributed by atoms with van der Waals surface area (Å²) in [5.74, 6) is 0.712. The van der Waals surface area contributed by atoms with Gasteiger partial charge in [-0.15, -0.1) is 5.10 Å². The van der Waals surface area contributed by atoms with E-state index >= 15 is 0 Å². The van der Waals surface area contributed by atoms with Crippen LogP contribution in [0.15, 0.2) is 35.6 Å². The standard InChI is InChI=1S/C11H11N3O3S/c1-17-9-5-3-8(4-6-9)10-7-12-14-11(13-10)18(2,15)16/h3-7H,1-2H3. The number of nitrogens with zero attached hydrogens (tertiary/aromatic N) is 3. The van der Waals surface area contributed by atoms with E-state index in [9.17, 15) is 8.42 Å². The highest BCUT2D eigenvalue weighted by Gasteiger charge is 2.13. The molecule has 0 amide bonds. The molecule has 0 aliphatic carbocycles. The molecule has 2 aromatic rings. The summed E-state index contributed by atoms with van der Waals surface area (Å²) in [4.78, 5) is 3.97. The second-order valence-electron chi connectivity index (χ2n) is 3.62. The van der Waals surface area contributed by atoms with Crippen LogP contribution in [0.1, 0.15) is 0 Å². The number of sulfone groups is 1. The third kappa shape index (κ3) is 2.62. The summed E-state index contributed by atoms with van der Waals surface area (Å²) in [6, 6.07) is 7.07. The predicted octanol–water partition coefficient (Wildman–Crippen LogP) is 0.951. The monoisotopic (exact) mass is 265 g/mol. The van der Waals surface area contributed by atoms with Gasteiger partial charge in [0.05, 0.1) is 19.0 Å². The molecule has 0 bridgehead atoms. The summed E-state index contributed by atoms with van der Waals surface area (Å²) in [6.07, 6.45) is 2.46. The molecular formula is C11H11N3O3S. The molecule has 0 spiro atoms. The van der Waals surface area contributed by atoms with Crippen molar-refractivity contribution in [3.05, 3.63) is 30.5 Å². The summed E-state index contributed by atoms with van der Waals surface area (Å²) < 4.78 is 27.7. The number of rotatable bonds is 3. The molecule has 0 atom stereocenters. The number of methoxy groups -OCH3 is 1. The Bertz CT molecular complexity index is 653. The predicted molar refractivity (Wildman–Crippen MR) is 64.9 cm³/mol. The lowest BCUT2D eigenvalue weighted by molar-refractivity contribution is 0.415. The van der Waals surface area contributed by atoms with Crippen molar-refractivity contribution in [1.82, 2.24) is 15.2 Å². The summed E-state index contributed by atoms with van der Waals surface area (Å²) in [7, 11) is -1.88. The molecule has 0 aliphatic heterocycles. The summed E-state index contributed by atoms with van der Waals surface area (Å²) >= 11 is 0. The molecule has 0 radical (unpaired) electrons. The third-order valence-corrected chi connectivity index (χ3v) is 3.09. The lowest BCUT2D eigenvalue weighted by Crippen LogP contribution is -2.06. The maximum Gasteiger partial charge on any atom is 0.267 e. The van der Waals surface area contributed by atoms with Crippen LogP contribution in [0.3, 0.4) is 0 Å². The molecule has 0 saturated carbocycles. The van der Waals surface area contributed by atoms with Crippen LogP contribution in [-0.4, -0.2) is 37.0 Å². The Kier molecular flexibility index (Phi) is 3.24. The average Bonchev–Trinajstić information content (AvgIpc) is 2.38. The van der Waals surface area contributed by atoms with Crippen molar-refractivity contribution in [3.63, 3.8) is 0 Å². The minimum Gasteiger partial charge on any atom is -0.497 e. The van der Waals surface area contributed by atoms with Crippen LogP contribution < -0.4 is 4.74 Å². The van der Waals surface area contributed by atoms with Gasteiger partial charge >= 0.3 is 0 Å². The van der Waals surface area contributed by atoms with Gasteiger partial charge in [-0.3, -0.25) is 0 Å². The van der Waals surface area contributed by atoms with E-state index in [2.05, 4.69) is 15.2 Å². The van der Waals surface area contributed by atoms with Gasteiger partial charge in [0.2, 0.25) is 9.84 Å². The molecule has 6 nitrogen and oxygen atoms in total. The fourth-order valence-corrected chi connectivity index (χ4v) is 1.80. The van der Waals surface area contributed by atoms with E-state index < -0.39 is 9.84 Å². The summed E-state index contributed by atoms with van der Waals surface area (Å²) in [5.41, 5.74) is 1.20. The van der Waals surface area contributed by atoms with Crippen molar-refractivity contribution >= 4 is 9.84 Å². The van der Waals surface area contributed by atoms with Crippen molar-refractivity contribution < 1.29 is 13.2 Å². The SMILES string of the molecule is COc1ccc(-c2cnnc(S(C)(=O)=O)n2)cc1. The van der Waals surface area contributed by atoms with Crippen LogP contribution in [0.4, 0.5) is 0 Å². The first-order chi connectivity index (χ1) is 8.50. The maximum absolute atomic E-state index is 11.3. The quantitative estimate of drug-likeness (QED) is 0.821. The molecule has 0 saturated heterocycles. The van der Waals surface area contributed by atoms with Crippen molar-refractivity contribution in [1.29, 1.82) is 0 Å². The van der Waals surface area contributed by atoms with Crippen molar-refractivity contribution in [2.75, 3.05) is 13.4 Å². The maximum atomic E-state index is 11.3. The fourth-order valence-electron chi connectivity index (χ4n) is 1.35. The van der Waals surface area contributed by atoms with Crippen molar-refractivity contribution in [2.45, 2.75) is 5.16 Å². The van der Waals surface area contributed by atoms with Crippen LogP contribution in [0, 0.1) is 0 Å². The van der Waals surface area contributed by atoms with Gasteiger partial charge in [-0.2, -0.15) is 5.10 Å². The van der Waals surface area contributed by atoms with Gasteiger partial charge in [0.1, 0.15) is 5.75 Å². The van der Waals surface area contributed by atoms with E-state index in [1.54, 1.807) is 31.4 Å². The highest BCUT2D eigenvalue weighted by molar-refractivity contribution is 7.90. The zero-order valence-corrected chi connectivity index (χ0v) is 10.7. The van der Waals surface area contributed by atoms with E-state index in [4.69, 9.17) is 4.74 Å². The highest BCUT2D eigenvalue weighted by atomic mass is 32.2. The molecule has 0 fully saturated rings. The molecule has 1 aromatic carbocycles. The molecule has 2 rings (SSSR count). The van der Waals surface area contributed by atoms with Gasteiger partial charge < -0.3 is 4.74 Å². The third-order valence-electron chi connectivity index (χ3n) is 2.26. The molecular weight excluding hydrogens is 254 g/mol. The lowest BCUT2D eigenvalue weighted by Gasteiger charge is -2.03. The molecule has 94 valence electrons. The normalized spacial score (nSPS) is 11.2. The van der Waals surface area contributed by atoms with Crippen molar-refractivity contribution in [3.8, 4) is 17.0 Å². The van der Waals surface area contributed by atoms with Crippen LogP contribution in [0.25, 0.3) is 11.3 Å². The molecule has 0 N–H and O–H groups in total. The van der Waals surface area contributed by atoms with Gasteiger partial charge in [0.15, 0.2) is 0 Å². The Morgan fingerprint density at radius 1 is 1.17 bits per heavy atom. The Morgan fingerprint density at radius 2 is 1.83 bits per heavy atom. The van der Waals surface area contributed by atoms with E-state index in [1.807, 2.05) is 0 Å². The zero-order chi connectivity index (χ0) is 13.2. The fraction of sp³-hybridized carbons (Fsp3) is 0.182. The Morgan fingerprint density at radius 3 is 2.39 bits per heavy atom. The molecule has 7 heteroatoms. The second-order valence-corrected chi connectivity index (χ2v) is 5.53. The molecule has 1 heterocycles. The number of benzene rings is 1. The van der Waals surface area contributed by atoms with E-state index in [-0.39, 0.29) is 5.16 Å². The van der Waals surface area contributed by atoms with Crippen LogP contribution >= 0.6 is 0 Å². The highest BCUT2D eigenvalue weighted by Crippen LogP contribution is 2.20. The van der Waals surface area contributed by atoms with Gasteiger partial charge in [0.25, 0.3) is 5.16 Å². The number of hydrogen-bond acceptors (Lipinski definition) is 6. The minimum absolute atomic E-state index is 0.282. The first kappa shape index (κ1) is 12.4. The van der Waals surface area contributed by atoms with Gasteiger partial charge in [-0.25, -0.2) is 13.4 Å². The molecule has 0 aliphatic rings. The van der Waals surface area contributed by atoms with Gasteiger partial charge in [0, 0.05) is 11.8 Å². The smallest absolute Gasteiger partial charge is 0.267 e. The van der Waals surface area contributed by atoms with Crippen molar-refractivity contribution in [2.24, 2.45) is 0 Å². The zero-order valence-electron chi connectivity index (χ0n) is 9.86. The van der Waals surface area contributed by atoms with Gasteiger partial charge in [-0.05, 0) is 24.3 Å². The molecule has 0 unspecified atom stereocenters. The first-order valence-electron chi connectivity index (χ1n) is 5.05. The Labute approximate surface area is 105 Å². The summed E-state index contributed by atoms with van der Waals surface area (Å²) in [5, 5.41) is 6.86. The topological polar surface area (TPSA) is 82.0 Å². The summed E-state index contributed by atoms with van der Waals surface area (Å²) in [6.45, 7) is 0. The number of ether oxygens (including phenoxy) is 1.